The van der Waals surface area contributed by atoms with E-state index in [0.717, 1.165) is 47.9 Å². The minimum Gasteiger partial charge on any atom is -0.336 e. The van der Waals surface area contributed by atoms with Crippen molar-refractivity contribution < 1.29 is 0 Å². The fourth-order valence-corrected chi connectivity index (χ4v) is 3.40. The molecule has 3 N–H and O–H groups in total. The Bertz CT molecular complexity index is 856. The summed E-state index contributed by atoms with van der Waals surface area (Å²) in [6, 6.07) is 0.434. The molecule has 1 saturated heterocycles. The topological polar surface area (TPSA) is 96.3 Å². The van der Waals surface area contributed by atoms with Crippen LogP contribution in [0.3, 0.4) is 0 Å². The number of H-pyrrole nitrogens is 1. The number of hydrogen-bond acceptors (Lipinski definition) is 6. The molecule has 0 amide bonds. The standard InChI is InChI=1S/C16H20N8/c1-2-10(3-1)15-21-13-8-18-23-14(13)16(22-15)20-11-6-19-24(9-11)12-4-5-17-7-12/h6,8-10,12,17H,1-5,7H2,(H,18,23)(H,20,21,22). The summed E-state index contributed by atoms with van der Waals surface area (Å²) < 4.78 is 2.03. The molecule has 5 rings (SSSR count). The summed E-state index contributed by atoms with van der Waals surface area (Å²) in [4.78, 5) is 9.41. The Balaban J connectivity index is 1.46. The first-order chi connectivity index (χ1) is 11.9. The molecule has 1 atom stereocenters. The van der Waals surface area contributed by atoms with Crippen molar-refractivity contribution in [3.63, 3.8) is 0 Å². The van der Waals surface area contributed by atoms with Crippen LogP contribution in [0.15, 0.2) is 18.6 Å². The van der Waals surface area contributed by atoms with E-state index < -0.39 is 0 Å². The number of aromatic amines is 1. The van der Waals surface area contributed by atoms with E-state index in [0.29, 0.717) is 12.0 Å². The van der Waals surface area contributed by atoms with Crippen molar-refractivity contribution in [1.29, 1.82) is 0 Å². The Hall–Kier alpha value is -2.48. The van der Waals surface area contributed by atoms with Crippen LogP contribution in [0.2, 0.25) is 0 Å². The second-order valence-corrected chi connectivity index (χ2v) is 6.67. The normalized spacial score (nSPS) is 21.2. The zero-order chi connectivity index (χ0) is 15.9. The molecule has 1 unspecified atom stereocenters. The maximum Gasteiger partial charge on any atom is 0.160 e. The Morgan fingerprint density at radius 2 is 2.12 bits per heavy atom. The van der Waals surface area contributed by atoms with E-state index >= 15 is 0 Å². The fourth-order valence-electron chi connectivity index (χ4n) is 3.40. The monoisotopic (exact) mass is 324 g/mol. The molecule has 0 aromatic carbocycles. The molecule has 2 aliphatic rings. The summed E-state index contributed by atoms with van der Waals surface area (Å²) >= 11 is 0. The van der Waals surface area contributed by atoms with Gasteiger partial charge in [0.25, 0.3) is 0 Å². The van der Waals surface area contributed by atoms with Crippen LogP contribution in [0.25, 0.3) is 11.0 Å². The third kappa shape index (κ3) is 2.34. The van der Waals surface area contributed by atoms with Crippen molar-refractivity contribution >= 4 is 22.5 Å². The number of fused-ring (bicyclic) bond motifs is 1. The van der Waals surface area contributed by atoms with Crippen LogP contribution in [-0.2, 0) is 0 Å². The van der Waals surface area contributed by atoms with Crippen molar-refractivity contribution in [1.82, 2.24) is 35.3 Å². The van der Waals surface area contributed by atoms with Crippen molar-refractivity contribution in [2.45, 2.75) is 37.6 Å². The number of nitrogens with one attached hydrogen (secondary N) is 3. The second-order valence-electron chi connectivity index (χ2n) is 6.67. The molecule has 1 saturated carbocycles. The van der Waals surface area contributed by atoms with Crippen LogP contribution in [0, 0.1) is 0 Å². The van der Waals surface area contributed by atoms with E-state index in [4.69, 9.17) is 4.98 Å². The highest BCUT2D eigenvalue weighted by Crippen LogP contribution is 2.36. The first-order valence-electron chi connectivity index (χ1n) is 8.60. The maximum absolute atomic E-state index is 4.75. The first-order valence-corrected chi connectivity index (χ1v) is 8.60. The van der Waals surface area contributed by atoms with Crippen LogP contribution in [0.4, 0.5) is 11.5 Å². The van der Waals surface area contributed by atoms with Crippen LogP contribution in [-0.4, -0.2) is 43.0 Å². The second kappa shape index (κ2) is 5.55. The molecule has 4 heterocycles. The van der Waals surface area contributed by atoms with Gasteiger partial charge in [-0.1, -0.05) is 6.42 Å². The molecule has 124 valence electrons. The van der Waals surface area contributed by atoms with E-state index in [-0.39, 0.29) is 0 Å². The van der Waals surface area contributed by atoms with Gasteiger partial charge in [-0.05, 0) is 25.8 Å². The molecule has 0 spiro atoms. The smallest absolute Gasteiger partial charge is 0.160 e. The van der Waals surface area contributed by atoms with Crippen LogP contribution in [0.5, 0.6) is 0 Å². The summed E-state index contributed by atoms with van der Waals surface area (Å²) in [6.07, 6.45) is 10.4. The number of rotatable bonds is 4. The van der Waals surface area contributed by atoms with Crippen LogP contribution in [0.1, 0.15) is 43.5 Å². The average molecular weight is 324 g/mol. The van der Waals surface area contributed by atoms with E-state index in [2.05, 4.69) is 30.9 Å². The quantitative estimate of drug-likeness (QED) is 0.680. The van der Waals surface area contributed by atoms with E-state index in [1.165, 1.54) is 19.3 Å². The SMILES string of the molecule is c1nn(C2CCNC2)cc1Nc1nc(C2CCC2)nc2cn[nH]c12. The van der Waals surface area contributed by atoms with Gasteiger partial charge in [0.1, 0.15) is 16.9 Å². The molecule has 8 heteroatoms. The average Bonchev–Trinajstić information content (AvgIpc) is 3.26. The van der Waals surface area contributed by atoms with Gasteiger partial charge in [0.2, 0.25) is 0 Å². The van der Waals surface area contributed by atoms with Gasteiger partial charge in [-0.2, -0.15) is 10.2 Å². The predicted octanol–water partition coefficient (Wildman–Crippen LogP) is 2.09. The Morgan fingerprint density at radius 1 is 1.17 bits per heavy atom. The molecule has 3 aromatic heterocycles. The van der Waals surface area contributed by atoms with Crippen LogP contribution < -0.4 is 10.6 Å². The van der Waals surface area contributed by atoms with Gasteiger partial charge in [0, 0.05) is 18.7 Å². The largest absolute Gasteiger partial charge is 0.336 e. The lowest BCUT2D eigenvalue weighted by Gasteiger charge is -2.24. The fraction of sp³-hybridized carbons (Fsp3) is 0.500. The zero-order valence-electron chi connectivity index (χ0n) is 13.4. The zero-order valence-corrected chi connectivity index (χ0v) is 13.4. The lowest BCUT2D eigenvalue weighted by Crippen LogP contribution is -2.14. The summed E-state index contributed by atoms with van der Waals surface area (Å²) in [6.45, 7) is 2.03. The van der Waals surface area contributed by atoms with Crippen LogP contribution >= 0.6 is 0 Å². The van der Waals surface area contributed by atoms with Crippen molar-refractivity contribution in [3.05, 3.63) is 24.4 Å². The molecule has 1 aliphatic heterocycles. The Morgan fingerprint density at radius 3 is 2.92 bits per heavy atom. The van der Waals surface area contributed by atoms with Gasteiger partial charge in [-0.15, -0.1) is 0 Å². The van der Waals surface area contributed by atoms with E-state index in [9.17, 15) is 0 Å². The molecule has 2 fully saturated rings. The van der Waals surface area contributed by atoms with Gasteiger partial charge in [-0.3, -0.25) is 9.78 Å². The van der Waals surface area contributed by atoms with Crippen molar-refractivity contribution in [2.75, 3.05) is 18.4 Å². The van der Waals surface area contributed by atoms with Gasteiger partial charge >= 0.3 is 0 Å². The van der Waals surface area contributed by atoms with E-state index in [1.54, 1.807) is 6.20 Å². The maximum atomic E-state index is 4.75. The summed E-state index contributed by atoms with van der Waals surface area (Å²) in [5, 5.41) is 18.4. The molecular weight excluding hydrogens is 304 g/mol. The van der Waals surface area contributed by atoms with Gasteiger partial charge in [0.15, 0.2) is 5.82 Å². The molecule has 24 heavy (non-hydrogen) atoms. The van der Waals surface area contributed by atoms with E-state index in [1.807, 2.05) is 17.1 Å². The number of aromatic nitrogens is 6. The minimum atomic E-state index is 0.434. The van der Waals surface area contributed by atoms with Gasteiger partial charge in [0.05, 0.1) is 24.1 Å². The van der Waals surface area contributed by atoms with Crippen molar-refractivity contribution in [2.24, 2.45) is 0 Å². The molecule has 3 aromatic rings. The summed E-state index contributed by atoms with van der Waals surface area (Å²) in [7, 11) is 0. The number of hydrogen-bond donors (Lipinski definition) is 3. The minimum absolute atomic E-state index is 0.434. The number of nitrogens with zero attached hydrogens (tertiary/aromatic N) is 5. The van der Waals surface area contributed by atoms with Gasteiger partial charge in [-0.25, -0.2) is 9.97 Å². The predicted molar refractivity (Wildman–Crippen MR) is 90.3 cm³/mol. The lowest BCUT2D eigenvalue weighted by atomic mass is 9.85. The molecule has 1 aliphatic carbocycles. The molecule has 0 radical (unpaired) electrons. The summed E-state index contributed by atoms with van der Waals surface area (Å²) in [5.41, 5.74) is 2.64. The lowest BCUT2D eigenvalue weighted by molar-refractivity contribution is 0.403. The third-order valence-electron chi connectivity index (χ3n) is 5.06. The molecule has 8 nitrogen and oxygen atoms in total. The number of anilines is 2. The third-order valence-corrected chi connectivity index (χ3v) is 5.06. The Kier molecular flexibility index (Phi) is 3.22. The summed E-state index contributed by atoms with van der Waals surface area (Å²) in [5.74, 6) is 2.19. The van der Waals surface area contributed by atoms with Crippen molar-refractivity contribution in [3.8, 4) is 0 Å². The first kappa shape index (κ1) is 13.9. The Labute approximate surface area is 139 Å². The highest BCUT2D eigenvalue weighted by atomic mass is 15.3. The molecule has 0 bridgehead atoms. The highest BCUT2D eigenvalue weighted by molar-refractivity contribution is 5.86. The highest BCUT2D eigenvalue weighted by Gasteiger charge is 2.24. The van der Waals surface area contributed by atoms with Gasteiger partial charge < -0.3 is 10.6 Å². The molecular formula is C16H20N8.